The molecule has 1 fully saturated rings. The first-order valence-electron chi connectivity index (χ1n) is 8.08. The summed E-state index contributed by atoms with van der Waals surface area (Å²) in [6.45, 7) is 0.746. The molecule has 0 spiro atoms. The minimum absolute atomic E-state index is 0.0434. The molecule has 0 aromatic heterocycles. The molecule has 1 aliphatic rings. The van der Waals surface area contributed by atoms with Gasteiger partial charge in [0.1, 0.15) is 0 Å². The summed E-state index contributed by atoms with van der Waals surface area (Å²) in [5.74, 6) is 0. The number of nitro benzene ring substituents is 1. The summed E-state index contributed by atoms with van der Waals surface area (Å²) < 4.78 is 27.6. The number of hydrogen-bond acceptors (Lipinski definition) is 6. The van der Waals surface area contributed by atoms with Gasteiger partial charge in [-0.15, -0.1) is 0 Å². The molecule has 2 N–H and O–H groups in total. The highest BCUT2D eigenvalue weighted by atomic mass is 32.2. The van der Waals surface area contributed by atoms with E-state index in [1.165, 1.54) is 16.4 Å². The van der Waals surface area contributed by atoms with Crippen LogP contribution in [0, 0.1) is 10.1 Å². The second-order valence-corrected chi connectivity index (χ2v) is 7.97. The standard InChI is InChI=1S/C17H19N3O5S/c21-17-11-18-10-16(17)19(12-13-4-2-1-3-5-13)26(24,25)15-8-6-14(7-9-15)20(22)23/h1-9,16-18,21H,10-12H2/t16-,17-/m1/s1. The number of aliphatic hydroxyl groups excluding tert-OH is 1. The van der Waals surface area contributed by atoms with Crippen LogP contribution in [0.4, 0.5) is 5.69 Å². The predicted octanol–water partition coefficient (Wildman–Crippen LogP) is 1.12. The number of nitro groups is 1. The number of nitrogens with zero attached hydrogens (tertiary/aromatic N) is 2. The topological polar surface area (TPSA) is 113 Å². The minimum atomic E-state index is -3.95. The van der Waals surface area contributed by atoms with Gasteiger partial charge in [-0.25, -0.2) is 8.42 Å². The average Bonchev–Trinajstić information content (AvgIpc) is 3.06. The lowest BCUT2D eigenvalue weighted by molar-refractivity contribution is -0.384. The first kappa shape index (κ1) is 18.5. The molecule has 1 saturated heterocycles. The normalized spacial score (nSPS) is 20.4. The molecule has 1 heterocycles. The van der Waals surface area contributed by atoms with Gasteiger partial charge >= 0.3 is 0 Å². The average molecular weight is 377 g/mol. The van der Waals surface area contributed by atoms with Crippen molar-refractivity contribution in [1.29, 1.82) is 0 Å². The van der Waals surface area contributed by atoms with Crippen LogP contribution in [0.1, 0.15) is 5.56 Å². The van der Waals surface area contributed by atoms with Crippen LogP contribution in [0.15, 0.2) is 59.5 Å². The van der Waals surface area contributed by atoms with Crippen molar-refractivity contribution >= 4 is 15.7 Å². The van der Waals surface area contributed by atoms with Crippen LogP contribution in [0.25, 0.3) is 0 Å². The molecule has 1 aliphatic heterocycles. The molecule has 26 heavy (non-hydrogen) atoms. The Labute approximate surface area is 151 Å². The van der Waals surface area contributed by atoms with E-state index >= 15 is 0 Å². The van der Waals surface area contributed by atoms with Crippen LogP contribution in [0.5, 0.6) is 0 Å². The van der Waals surface area contributed by atoms with Gasteiger partial charge < -0.3 is 10.4 Å². The zero-order valence-corrected chi connectivity index (χ0v) is 14.7. The number of non-ortho nitro benzene ring substituents is 1. The highest BCUT2D eigenvalue weighted by Crippen LogP contribution is 2.25. The van der Waals surface area contributed by atoms with Crippen molar-refractivity contribution in [1.82, 2.24) is 9.62 Å². The zero-order valence-electron chi connectivity index (χ0n) is 13.9. The number of nitrogens with one attached hydrogen (secondary N) is 1. The van der Waals surface area contributed by atoms with Gasteiger partial charge in [-0.1, -0.05) is 30.3 Å². The van der Waals surface area contributed by atoms with E-state index < -0.39 is 27.1 Å². The fraction of sp³-hybridized carbons (Fsp3) is 0.294. The van der Waals surface area contributed by atoms with Crippen LogP contribution in [-0.4, -0.2) is 48.0 Å². The number of rotatable bonds is 6. The third kappa shape index (κ3) is 3.75. The third-order valence-corrected chi connectivity index (χ3v) is 6.24. The summed E-state index contributed by atoms with van der Waals surface area (Å²) in [6, 6.07) is 13.2. The van der Waals surface area contributed by atoms with Gasteiger partial charge in [0, 0.05) is 31.8 Å². The van der Waals surface area contributed by atoms with E-state index in [0.717, 1.165) is 17.7 Å². The van der Waals surface area contributed by atoms with E-state index in [1.54, 1.807) is 0 Å². The van der Waals surface area contributed by atoms with Crippen molar-refractivity contribution in [2.24, 2.45) is 0 Å². The van der Waals surface area contributed by atoms with Gasteiger partial charge in [0.25, 0.3) is 5.69 Å². The van der Waals surface area contributed by atoms with Crippen molar-refractivity contribution in [2.75, 3.05) is 13.1 Å². The molecule has 9 heteroatoms. The van der Waals surface area contributed by atoms with Gasteiger partial charge in [0.05, 0.1) is 22.0 Å². The summed E-state index contributed by atoms with van der Waals surface area (Å²) in [7, 11) is -3.95. The molecular formula is C17H19N3O5S. The maximum atomic E-state index is 13.2. The van der Waals surface area contributed by atoms with E-state index in [-0.39, 0.29) is 17.1 Å². The van der Waals surface area contributed by atoms with Gasteiger partial charge in [0.2, 0.25) is 10.0 Å². The van der Waals surface area contributed by atoms with Gasteiger partial charge in [0.15, 0.2) is 0 Å². The Morgan fingerprint density at radius 2 is 1.77 bits per heavy atom. The second-order valence-electron chi connectivity index (χ2n) is 6.08. The summed E-state index contributed by atoms with van der Waals surface area (Å²) in [5, 5.41) is 24.0. The Kier molecular flexibility index (Phi) is 5.33. The lowest BCUT2D eigenvalue weighted by Crippen LogP contribution is -2.46. The van der Waals surface area contributed by atoms with Crippen molar-refractivity contribution in [3.05, 3.63) is 70.3 Å². The van der Waals surface area contributed by atoms with Gasteiger partial charge in [-0.3, -0.25) is 10.1 Å². The molecule has 138 valence electrons. The molecule has 3 rings (SSSR count). The van der Waals surface area contributed by atoms with Crippen molar-refractivity contribution in [2.45, 2.75) is 23.6 Å². The summed E-state index contributed by atoms with van der Waals surface area (Å²) >= 11 is 0. The maximum Gasteiger partial charge on any atom is 0.269 e. The Bertz CT molecular complexity index is 871. The van der Waals surface area contributed by atoms with Crippen LogP contribution >= 0.6 is 0 Å². The van der Waals surface area contributed by atoms with Crippen LogP contribution in [-0.2, 0) is 16.6 Å². The van der Waals surface area contributed by atoms with E-state index in [4.69, 9.17) is 0 Å². The Morgan fingerprint density at radius 3 is 2.31 bits per heavy atom. The van der Waals surface area contributed by atoms with E-state index in [0.29, 0.717) is 13.1 Å². The molecule has 0 radical (unpaired) electrons. The summed E-state index contributed by atoms with van der Waals surface area (Å²) in [6.07, 6.45) is -0.827. The SMILES string of the molecule is O=[N+]([O-])c1ccc(S(=O)(=O)N(Cc2ccccc2)[C@@H]2CNC[C@H]2O)cc1. The van der Waals surface area contributed by atoms with Crippen LogP contribution in [0.2, 0.25) is 0 Å². The molecule has 2 aromatic rings. The summed E-state index contributed by atoms with van der Waals surface area (Å²) in [4.78, 5) is 10.2. The fourth-order valence-electron chi connectivity index (χ4n) is 2.96. The molecule has 2 aromatic carbocycles. The number of β-amino-alcohol motifs (C(OH)–C–C–N with tert-alkyl or cyclic N) is 1. The quantitative estimate of drug-likeness (QED) is 0.576. The van der Waals surface area contributed by atoms with Gasteiger partial charge in [-0.2, -0.15) is 4.31 Å². The maximum absolute atomic E-state index is 13.2. The van der Waals surface area contributed by atoms with Gasteiger partial charge in [-0.05, 0) is 17.7 Å². The molecular weight excluding hydrogens is 358 g/mol. The highest BCUT2D eigenvalue weighted by molar-refractivity contribution is 7.89. The molecule has 2 atom stereocenters. The van der Waals surface area contributed by atoms with Crippen molar-refractivity contribution in [3.8, 4) is 0 Å². The first-order chi connectivity index (χ1) is 12.4. The van der Waals surface area contributed by atoms with Crippen molar-refractivity contribution in [3.63, 3.8) is 0 Å². The molecule has 0 amide bonds. The fourth-order valence-corrected chi connectivity index (χ4v) is 4.61. The highest BCUT2D eigenvalue weighted by Gasteiger charge is 2.38. The van der Waals surface area contributed by atoms with Crippen LogP contribution < -0.4 is 5.32 Å². The number of benzene rings is 2. The monoisotopic (exact) mass is 377 g/mol. The zero-order chi connectivity index (χ0) is 18.7. The Morgan fingerprint density at radius 1 is 1.12 bits per heavy atom. The number of sulfonamides is 1. The molecule has 0 aliphatic carbocycles. The Hall–Kier alpha value is -2.33. The molecule has 0 bridgehead atoms. The largest absolute Gasteiger partial charge is 0.390 e. The minimum Gasteiger partial charge on any atom is -0.390 e. The van der Waals surface area contributed by atoms with Crippen molar-refractivity contribution < 1.29 is 18.4 Å². The molecule has 8 nitrogen and oxygen atoms in total. The predicted molar refractivity (Wildman–Crippen MR) is 94.9 cm³/mol. The number of hydrogen-bond donors (Lipinski definition) is 2. The van der Waals surface area contributed by atoms with E-state index in [1.807, 2.05) is 30.3 Å². The van der Waals surface area contributed by atoms with Crippen LogP contribution in [0.3, 0.4) is 0 Å². The second kappa shape index (κ2) is 7.50. The van der Waals surface area contributed by atoms with E-state index in [2.05, 4.69) is 5.32 Å². The molecule has 0 unspecified atom stereocenters. The lowest BCUT2D eigenvalue weighted by Gasteiger charge is -2.29. The first-order valence-corrected chi connectivity index (χ1v) is 9.52. The summed E-state index contributed by atoms with van der Waals surface area (Å²) in [5.41, 5.74) is 0.609. The van der Waals surface area contributed by atoms with E-state index in [9.17, 15) is 23.6 Å². The third-order valence-electron chi connectivity index (χ3n) is 4.36. The Balaban J connectivity index is 1.97. The smallest absolute Gasteiger partial charge is 0.269 e. The molecule has 0 saturated carbocycles. The number of aliphatic hydroxyl groups is 1. The lowest BCUT2D eigenvalue weighted by atomic mass is 10.2.